The van der Waals surface area contributed by atoms with Crippen LogP contribution in [0.15, 0.2) is 52.5 Å². The average molecular weight is 470 g/mol. The van der Waals surface area contributed by atoms with Gasteiger partial charge in [0.1, 0.15) is 0 Å². The van der Waals surface area contributed by atoms with E-state index in [4.69, 9.17) is 0 Å². The quantitative estimate of drug-likeness (QED) is 0.481. The van der Waals surface area contributed by atoms with Gasteiger partial charge in [-0.1, -0.05) is 6.07 Å². The van der Waals surface area contributed by atoms with Crippen molar-refractivity contribution in [2.24, 2.45) is 0 Å². The number of benzene rings is 1. The van der Waals surface area contributed by atoms with Gasteiger partial charge in [0.2, 0.25) is 0 Å². The van der Waals surface area contributed by atoms with Crippen LogP contribution in [0, 0.1) is 0 Å². The molecule has 0 saturated heterocycles. The van der Waals surface area contributed by atoms with Crippen molar-refractivity contribution in [2.45, 2.75) is 25.4 Å². The lowest BCUT2D eigenvalue weighted by atomic mass is 10.0. The van der Waals surface area contributed by atoms with E-state index >= 15 is 0 Å². The minimum absolute atomic E-state index is 0.0262. The van der Waals surface area contributed by atoms with Crippen molar-refractivity contribution >= 4 is 51.8 Å². The highest BCUT2D eigenvalue weighted by molar-refractivity contribution is 7.12. The van der Waals surface area contributed by atoms with E-state index in [0.717, 1.165) is 29.7 Å². The molecule has 0 bridgehead atoms. The van der Waals surface area contributed by atoms with Crippen LogP contribution < -0.4 is 15.5 Å². The molecule has 1 aliphatic heterocycles. The van der Waals surface area contributed by atoms with Crippen molar-refractivity contribution in [1.82, 2.24) is 5.32 Å². The van der Waals surface area contributed by atoms with Gasteiger partial charge in [-0.15, -0.1) is 11.3 Å². The number of carbonyl (C=O) groups is 3. The highest BCUT2D eigenvalue weighted by Gasteiger charge is 2.25. The minimum Gasteiger partial charge on any atom is -0.388 e. The van der Waals surface area contributed by atoms with Crippen LogP contribution in [-0.4, -0.2) is 35.9 Å². The molecule has 166 valence electrons. The zero-order valence-corrected chi connectivity index (χ0v) is 18.9. The molecule has 7 nitrogen and oxygen atoms in total. The van der Waals surface area contributed by atoms with Gasteiger partial charge in [0, 0.05) is 24.5 Å². The maximum Gasteiger partial charge on any atom is 0.313 e. The van der Waals surface area contributed by atoms with Crippen molar-refractivity contribution in [3.05, 3.63) is 68.5 Å². The molecule has 32 heavy (non-hydrogen) atoms. The number of anilines is 2. The van der Waals surface area contributed by atoms with E-state index in [1.807, 2.05) is 46.5 Å². The number of fused-ring (bicyclic) bond motifs is 1. The number of thiophene rings is 2. The first-order valence-electron chi connectivity index (χ1n) is 10.3. The standard InChI is InChI=1S/C23H23N3O4S2/c27-19(16-8-12-31-14-16)7-9-24-21(28)22(29)25-17-5-6-18-15(13-17)3-1-10-26(18)23(30)20-4-2-11-32-20/h2,4-6,8,11-14,19,27H,1,3,7,9-10H2,(H,24,28)(H,25,29). The molecule has 4 rings (SSSR count). The molecule has 9 heteroatoms. The predicted octanol–water partition coefficient (Wildman–Crippen LogP) is 3.58. The topological polar surface area (TPSA) is 98.7 Å². The van der Waals surface area contributed by atoms with E-state index in [1.165, 1.54) is 22.7 Å². The summed E-state index contributed by atoms with van der Waals surface area (Å²) < 4.78 is 0. The molecule has 0 spiro atoms. The zero-order chi connectivity index (χ0) is 22.5. The Balaban J connectivity index is 1.34. The van der Waals surface area contributed by atoms with Gasteiger partial charge in [-0.2, -0.15) is 11.3 Å². The van der Waals surface area contributed by atoms with E-state index in [1.54, 1.807) is 11.0 Å². The number of carbonyl (C=O) groups excluding carboxylic acids is 3. The third kappa shape index (κ3) is 5.07. The Morgan fingerprint density at radius 2 is 2.00 bits per heavy atom. The average Bonchev–Trinajstić information content (AvgIpc) is 3.52. The third-order valence-electron chi connectivity index (χ3n) is 5.27. The fourth-order valence-corrected chi connectivity index (χ4v) is 5.02. The van der Waals surface area contributed by atoms with Gasteiger partial charge >= 0.3 is 11.8 Å². The van der Waals surface area contributed by atoms with Crippen LogP contribution in [0.3, 0.4) is 0 Å². The summed E-state index contributed by atoms with van der Waals surface area (Å²) in [5.41, 5.74) is 3.10. The van der Waals surface area contributed by atoms with Gasteiger partial charge in [0.25, 0.3) is 5.91 Å². The fraction of sp³-hybridized carbons (Fsp3) is 0.261. The molecule has 1 atom stereocenters. The highest BCUT2D eigenvalue weighted by Crippen LogP contribution is 2.31. The maximum absolute atomic E-state index is 12.8. The normalized spacial score (nSPS) is 13.8. The van der Waals surface area contributed by atoms with Gasteiger partial charge < -0.3 is 20.6 Å². The summed E-state index contributed by atoms with van der Waals surface area (Å²) in [5.74, 6) is -1.55. The predicted molar refractivity (Wildman–Crippen MR) is 126 cm³/mol. The molecule has 1 aromatic carbocycles. The second kappa shape index (κ2) is 10.1. The largest absolute Gasteiger partial charge is 0.388 e. The Kier molecular flexibility index (Phi) is 6.99. The number of aryl methyl sites for hydroxylation is 1. The van der Waals surface area contributed by atoms with Crippen LogP contribution in [-0.2, 0) is 16.0 Å². The second-order valence-electron chi connectivity index (χ2n) is 7.45. The number of nitrogens with zero attached hydrogens (tertiary/aromatic N) is 1. The van der Waals surface area contributed by atoms with Crippen LogP contribution in [0.5, 0.6) is 0 Å². The van der Waals surface area contributed by atoms with Crippen molar-refractivity contribution < 1.29 is 19.5 Å². The Morgan fingerprint density at radius 1 is 1.12 bits per heavy atom. The molecule has 3 aromatic rings. The fourth-order valence-electron chi connectivity index (χ4n) is 3.64. The SMILES string of the molecule is O=C(NCCC(O)c1ccsc1)C(=O)Nc1ccc2c(c1)CCCN2C(=O)c1cccs1. The molecule has 0 fully saturated rings. The first kappa shape index (κ1) is 22.2. The molecule has 1 unspecified atom stereocenters. The second-order valence-corrected chi connectivity index (χ2v) is 9.18. The van der Waals surface area contributed by atoms with Crippen LogP contribution in [0.25, 0.3) is 0 Å². The molecule has 3 amide bonds. The van der Waals surface area contributed by atoms with Gasteiger partial charge in [-0.05, 0) is 76.9 Å². The highest BCUT2D eigenvalue weighted by atomic mass is 32.1. The number of aliphatic hydroxyl groups excluding tert-OH is 1. The Bertz CT molecular complexity index is 1100. The number of amides is 3. The van der Waals surface area contributed by atoms with Crippen molar-refractivity contribution in [3.8, 4) is 0 Å². The van der Waals surface area contributed by atoms with Crippen LogP contribution in [0.4, 0.5) is 11.4 Å². The van der Waals surface area contributed by atoms with Gasteiger partial charge in [-0.25, -0.2) is 0 Å². The third-order valence-corrected chi connectivity index (χ3v) is 6.83. The van der Waals surface area contributed by atoms with E-state index in [0.29, 0.717) is 23.5 Å². The molecule has 0 radical (unpaired) electrons. The summed E-state index contributed by atoms with van der Waals surface area (Å²) in [5, 5.41) is 20.8. The molecule has 3 N–H and O–H groups in total. The lowest BCUT2D eigenvalue weighted by Crippen LogP contribution is -2.36. The van der Waals surface area contributed by atoms with E-state index in [2.05, 4.69) is 10.6 Å². The van der Waals surface area contributed by atoms with E-state index in [9.17, 15) is 19.5 Å². The maximum atomic E-state index is 12.8. The molecule has 2 aromatic heterocycles. The number of aliphatic hydroxyl groups is 1. The van der Waals surface area contributed by atoms with Crippen molar-refractivity contribution in [1.29, 1.82) is 0 Å². The van der Waals surface area contributed by atoms with Crippen molar-refractivity contribution in [3.63, 3.8) is 0 Å². The number of hydrogen-bond donors (Lipinski definition) is 3. The summed E-state index contributed by atoms with van der Waals surface area (Å²) >= 11 is 2.91. The molecular weight excluding hydrogens is 446 g/mol. The molecule has 3 heterocycles. The lowest BCUT2D eigenvalue weighted by molar-refractivity contribution is -0.136. The number of hydrogen-bond acceptors (Lipinski definition) is 6. The van der Waals surface area contributed by atoms with Gasteiger partial charge in [-0.3, -0.25) is 14.4 Å². The summed E-state index contributed by atoms with van der Waals surface area (Å²) in [6, 6.07) is 10.8. The monoisotopic (exact) mass is 469 g/mol. The Morgan fingerprint density at radius 3 is 2.75 bits per heavy atom. The summed E-state index contributed by atoms with van der Waals surface area (Å²) in [6.07, 6.45) is 1.27. The molecule has 1 aliphatic rings. The summed E-state index contributed by atoms with van der Waals surface area (Å²) in [7, 11) is 0. The molecule has 0 saturated carbocycles. The summed E-state index contributed by atoms with van der Waals surface area (Å²) in [4.78, 5) is 39.6. The van der Waals surface area contributed by atoms with E-state index < -0.39 is 17.9 Å². The van der Waals surface area contributed by atoms with Crippen LogP contribution >= 0.6 is 22.7 Å². The first-order valence-corrected chi connectivity index (χ1v) is 12.1. The van der Waals surface area contributed by atoms with Gasteiger partial charge in [0.15, 0.2) is 0 Å². The van der Waals surface area contributed by atoms with Crippen LogP contribution in [0.1, 0.15) is 39.7 Å². The molecular formula is C23H23N3O4S2. The summed E-state index contributed by atoms with van der Waals surface area (Å²) in [6.45, 7) is 0.836. The first-order chi connectivity index (χ1) is 15.5. The van der Waals surface area contributed by atoms with E-state index in [-0.39, 0.29) is 12.5 Å². The Hall–Kier alpha value is -3.01. The Labute approximate surface area is 193 Å². The van der Waals surface area contributed by atoms with Crippen LogP contribution in [0.2, 0.25) is 0 Å². The van der Waals surface area contributed by atoms with Gasteiger partial charge in [0.05, 0.1) is 11.0 Å². The van der Waals surface area contributed by atoms with Crippen molar-refractivity contribution in [2.75, 3.05) is 23.3 Å². The lowest BCUT2D eigenvalue weighted by Gasteiger charge is -2.29. The zero-order valence-electron chi connectivity index (χ0n) is 17.2. The number of rotatable bonds is 6. The number of nitrogens with one attached hydrogen (secondary N) is 2. The molecule has 0 aliphatic carbocycles. The minimum atomic E-state index is -0.766. The smallest absolute Gasteiger partial charge is 0.313 e.